The Kier molecular flexibility index (Phi) is 3.61. The van der Waals surface area contributed by atoms with E-state index in [0.29, 0.717) is 5.69 Å². The van der Waals surface area contributed by atoms with Crippen molar-refractivity contribution in [2.45, 2.75) is 0 Å². The van der Waals surface area contributed by atoms with Crippen molar-refractivity contribution in [3.63, 3.8) is 0 Å². The largest absolute Gasteiger partial charge is 0.870 e. The highest BCUT2D eigenvalue weighted by molar-refractivity contribution is 5.82. The smallest absolute Gasteiger partial charge is 0.474 e. The molecular weight excluding hydrogens is 198 g/mol. The van der Waals surface area contributed by atoms with Crippen molar-refractivity contribution in [1.82, 2.24) is 0 Å². The molecular formula is C8H9N5O2. The maximum absolute atomic E-state index is 11.4. The minimum Gasteiger partial charge on any atom is -0.870 e. The Labute approximate surface area is 85.4 Å². The third-order valence-electron chi connectivity index (χ3n) is 1.62. The fourth-order valence-corrected chi connectivity index (χ4v) is 0.999. The number of nitrogens with zero attached hydrogens (tertiary/aromatic N) is 3. The Morgan fingerprint density at radius 2 is 2.00 bits per heavy atom. The van der Waals surface area contributed by atoms with Crippen LogP contribution in [0.5, 0.6) is 0 Å². The molecule has 0 saturated carbocycles. The van der Waals surface area contributed by atoms with Crippen molar-refractivity contribution >= 4 is 18.1 Å². The van der Waals surface area contributed by atoms with E-state index >= 15 is 0 Å². The number of rotatable bonds is 1. The second kappa shape index (κ2) is 4.94. The highest BCUT2D eigenvalue weighted by Gasteiger charge is 2.21. The minimum atomic E-state index is -0.353. The number of para-hydroxylation sites is 1. The van der Waals surface area contributed by atoms with Gasteiger partial charge in [-0.3, -0.25) is 5.32 Å². The summed E-state index contributed by atoms with van der Waals surface area (Å²) in [5, 5.41) is 13.4. The molecule has 7 heteroatoms. The van der Waals surface area contributed by atoms with Crippen molar-refractivity contribution in [2.75, 3.05) is 5.32 Å². The summed E-state index contributed by atoms with van der Waals surface area (Å²) in [6, 6.07) is 8.76. The fourth-order valence-electron chi connectivity index (χ4n) is 0.999. The SMILES string of the molecule is O=C(Nc1ccccc1)[NH+]1N=CN=N1.[OH-]. The lowest BCUT2D eigenvalue weighted by molar-refractivity contribution is -0.827. The van der Waals surface area contributed by atoms with E-state index in [2.05, 4.69) is 20.8 Å². The van der Waals surface area contributed by atoms with Crippen LogP contribution in [0.3, 0.4) is 0 Å². The topological polar surface area (TPSA) is 101 Å². The molecule has 1 aromatic rings. The van der Waals surface area contributed by atoms with Gasteiger partial charge in [-0.1, -0.05) is 23.3 Å². The molecule has 2 amide bonds. The molecule has 0 saturated heterocycles. The quantitative estimate of drug-likeness (QED) is 0.689. The molecule has 1 aromatic carbocycles. The van der Waals surface area contributed by atoms with Gasteiger partial charge >= 0.3 is 6.03 Å². The van der Waals surface area contributed by atoms with E-state index in [0.717, 1.165) is 0 Å². The third-order valence-corrected chi connectivity index (χ3v) is 1.62. The number of hydrogen-bond acceptors (Lipinski definition) is 5. The molecule has 0 radical (unpaired) electrons. The summed E-state index contributed by atoms with van der Waals surface area (Å²) in [6.45, 7) is 0. The van der Waals surface area contributed by atoms with Gasteiger partial charge in [-0.05, 0) is 17.2 Å². The third kappa shape index (κ3) is 2.66. The van der Waals surface area contributed by atoms with Crippen molar-refractivity contribution in [3.8, 4) is 0 Å². The molecule has 3 N–H and O–H groups in total. The Hall–Kier alpha value is -2.12. The highest BCUT2D eigenvalue weighted by Crippen LogP contribution is 2.03. The molecule has 0 fully saturated rings. The summed E-state index contributed by atoms with van der Waals surface area (Å²) in [4.78, 5) is 11.4. The summed E-state index contributed by atoms with van der Waals surface area (Å²) in [6.07, 6.45) is 1.24. The van der Waals surface area contributed by atoms with Gasteiger partial charge in [0.1, 0.15) is 0 Å². The number of benzene rings is 1. The van der Waals surface area contributed by atoms with Gasteiger partial charge in [-0.25, -0.2) is 4.79 Å². The van der Waals surface area contributed by atoms with Gasteiger partial charge in [0.15, 0.2) is 0 Å². The molecule has 1 heterocycles. The zero-order valence-electron chi connectivity index (χ0n) is 7.66. The van der Waals surface area contributed by atoms with Crippen LogP contribution in [0.4, 0.5) is 10.5 Å². The lowest BCUT2D eigenvalue weighted by Crippen LogP contribution is -3.05. The molecule has 7 nitrogen and oxygen atoms in total. The summed E-state index contributed by atoms with van der Waals surface area (Å²) >= 11 is 0. The second-order valence-electron chi connectivity index (χ2n) is 2.60. The molecule has 15 heavy (non-hydrogen) atoms. The van der Waals surface area contributed by atoms with Gasteiger partial charge in [0.2, 0.25) is 6.34 Å². The molecule has 0 aliphatic carbocycles. The van der Waals surface area contributed by atoms with E-state index < -0.39 is 0 Å². The lowest BCUT2D eigenvalue weighted by atomic mass is 10.3. The molecule has 0 aromatic heterocycles. The monoisotopic (exact) mass is 207 g/mol. The predicted octanol–water partition coefficient (Wildman–Crippen LogP) is 0.251. The predicted molar refractivity (Wildman–Crippen MR) is 51.7 cm³/mol. The normalized spacial score (nSPS) is 17.2. The molecule has 2 rings (SSSR count). The Morgan fingerprint density at radius 3 is 2.60 bits per heavy atom. The lowest BCUT2D eigenvalue weighted by Gasteiger charge is -2.01. The number of urea groups is 1. The number of hydrogen-bond donors (Lipinski definition) is 2. The van der Waals surface area contributed by atoms with Gasteiger partial charge in [-0.2, -0.15) is 0 Å². The van der Waals surface area contributed by atoms with Crippen LogP contribution in [0, 0.1) is 0 Å². The number of nitrogens with one attached hydrogen (secondary N) is 2. The first-order valence-corrected chi connectivity index (χ1v) is 4.03. The summed E-state index contributed by atoms with van der Waals surface area (Å²) < 4.78 is 0. The molecule has 0 spiro atoms. The first-order valence-electron chi connectivity index (χ1n) is 4.03. The number of amides is 2. The van der Waals surface area contributed by atoms with Crippen LogP contribution < -0.4 is 10.4 Å². The fraction of sp³-hybridized carbons (Fsp3) is 0. The van der Waals surface area contributed by atoms with Crippen LogP contribution in [0.25, 0.3) is 0 Å². The molecule has 0 bridgehead atoms. The van der Waals surface area contributed by atoms with Crippen LogP contribution in [-0.2, 0) is 0 Å². The first kappa shape index (κ1) is 11.0. The van der Waals surface area contributed by atoms with Crippen LogP contribution in [-0.4, -0.2) is 17.8 Å². The van der Waals surface area contributed by atoms with Crippen LogP contribution >= 0.6 is 0 Å². The van der Waals surface area contributed by atoms with Gasteiger partial charge in [0.25, 0.3) is 0 Å². The van der Waals surface area contributed by atoms with Gasteiger partial charge < -0.3 is 5.48 Å². The number of quaternary nitrogens is 1. The first-order chi connectivity index (χ1) is 6.86. The molecule has 1 aliphatic heterocycles. The van der Waals surface area contributed by atoms with Crippen molar-refractivity contribution in [1.29, 1.82) is 0 Å². The van der Waals surface area contributed by atoms with E-state index in [1.165, 1.54) is 6.34 Å². The number of carbonyl (C=O) groups is 1. The van der Waals surface area contributed by atoms with E-state index in [-0.39, 0.29) is 16.6 Å². The standard InChI is InChI=1S/C8H7N5O.H2O/c14-8(13-10-6-9-12-13)11-7-4-2-1-3-5-7;/h1-6H,(H,11,14);1H2. The average Bonchev–Trinajstić information content (AvgIpc) is 2.72. The van der Waals surface area contributed by atoms with E-state index in [4.69, 9.17) is 0 Å². The van der Waals surface area contributed by atoms with E-state index in [9.17, 15) is 4.79 Å². The van der Waals surface area contributed by atoms with Crippen LogP contribution in [0.1, 0.15) is 0 Å². The summed E-state index contributed by atoms with van der Waals surface area (Å²) in [5.41, 5.74) is 0.710. The van der Waals surface area contributed by atoms with Crippen molar-refractivity contribution in [3.05, 3.63) is 30.3 Å². The van der Waals surface area contributed by atoms with E-state index in [1.807, 2.05) is 18.2 Å². The number of anilines is 1. The molecule has 1 unspecified atom stereocenters. The maximum Gasteiger partial charge on any atom is 0.474 e. The maximum atomic E-state index is 11.4. The Morgan fingerprint density at radius 1 is 1.27 bits per heavy atom. The summed E-state index contributed by atoms with van der Waals surface area (Å²) in [7, 11) is 0. The second-order valence-corrected chi connectivity index (χ2v) is 2.60. The highest BCUT2D eigenvalue weighted by atomic mass is 16.2. The Balaban J connectivity index is 0.00000112. The van der Waals surface area contributed by atoms with E-state index in [1.54, 1.807) is 12.1 Å². The zero-order valence-corrected chi connectivity index (χ0v) is 7.66. The van der Waals surface area contributed by atoms with Gasteiger partial charge in [0, 0.05) is 10.8 Å². The summed E-state index contributed by atoms with van der Waals surface area (Å²) in [5.74, 6) is 0. The van der Waals surface area contributed by atoms with Gasteiger partial charge in [-0.15, -0.1) is 0 Å². The van der Waals surface area contributed by atoms with Crippen LogP contribution in [0.15, 0.2) is 45.8 Å². The van der Waals surface area contributed by atoms with Crippen molar-refractivity contribution < 1.29 is 15.4 Å². The average molecular weight is 207 g/mol. The van der Waals surface area contributed by atoms with Crippen LogP contribution in [0.2, 0.25) is 0 Å². The minimum absolute atomic E-state index is 0. The molecule has 1 atom stereocenters. The van der Waals surface area contributed by atoms with Crippen molar-refractivity contribution in [2.24, 2.45) is 15.4 Å². The molecule has 1 aliphatic rings. The molecule has 78 valence electrons. The Bertz CT molecular complexity index is 377. The zero-order chi connectivity index (χ0) is 9.80. The number of carbonyl (C=O) groups excluding carboxylic acids is 1. The van der Waals surface area contributed by atoms with Gasteiger partial charge in [0.05, 0.1) is 5.22 Å².